The fraction of sp³-hybridized carbons (Fsp3) is 0.333. The van der Waals surface area contributed by atoms with Crippen molar-refractivity contribution in [3.8, 4) is 0 Å². The molecule has 2 N–H and O–H groups in total. The normalized spacial score (nSPS) is 17.2. The summed E-state index contributed by atoms with van der Waals surface area (Å²) in [6.07, 6.45) is 3.66. The summed E-state index contributed by atoms with van der Waals surface area (Å²) >= 11 is 0. The number of aromatic amines is 1. The summed E-state index contributed by atoms with van der Waals surface area (Å²) in [5, 5.41) is 10.9. The summed E-state index contributed by atoms with van der Waals surface area (Å²) in [5.74, 6) is -0.796. The predicted octanol–water partition coefficient (Wildman–Crippen LogP) is 2.81. The quantitative estimate of drug-likeness (QED) is 0.728. The molecular weight excluding hydrogens is 340 g/mol. The van der Waals surface area contributed by atoms with Crippen LogP contribution in [0.15, 0.2) is 48.8 Å². The molecule has 27 heavy (non-hydrogen) atoms. The van der Waals surface area contributed by atoms with E-state index in [0.29, 0.717) is 0 Å². The molecule has 140 valence electrons. The lowest BCUT2D eigenvalue weighted by Crippen LogP contribution is -2.48. The molecule has 0 aliphatic carbocycles. The van der Waals surface area contributed by atoms with E-state index in [1.54, 1.807) is 0 Å². The van der Waals surface area contributed by atoms with E-state index in [9.17, 15) is 9.90 Å². The third-order valence-electron chi connectivity index (χ3n) is 5.28. The Hall–Kier alpha value is -2.70. The van der Waals surface area contributed by atoms with Crippen LogP contribution in [-0.4, -0.2) is 57.0 Å². The molecule has 0 radical (unpaired) electrons. The summed E-state index contributed by atoms with van der Waals surface area (Å²) in [4.78, 5) is 24.1. The van der Waals surface area contributed by atoms with Gasteiger partial charge in [-0.2, -0.15) is 0 Å². The first-order valence-electron chi connectivity index (χ1n) is 9.28. The second-order valence-corrected chi connectivity index (χ2v) is 7.17. The molecule has 1 fully saturated rings. The van der Waals surface area contributed by atoms with Gasteiger partial charge < -0.3 is 10.1 Å². The van der Waals surface area contributed by atoms with E-state index in [4.69, 9.17) is 0 Å². The van der Waals surface area contributed by atoms with Crippen molar-refractivity contribution in [2.45, 2.75) is 19.5 Å². The van der Waals surface area contributed by atoms with Crippen LogP contribution in [0.2, 0.25) is 0 Å². The van der Waals surface area contributed by atoms with Gasteiger partial charge in [0.1, 0.15) is 6.04 Å². The van der Waals surface area contributed by atoms with Gasteiger partial charge >= 0.3 is 5.97 Å². The van der Waals surface area contributed by atoms with E-state index < -0.39 is 12.0 Å². The van der Waals surface area contributed by atoms with Crippen molar-refractivity contribution in [1.29, 1.82) is 0 Å². The van der Waals surface area contributed by atoms with Gasteiger partial charge in [-0.1, -0.05) is 17.7 Å². The van der Waals surface area contributed by atoms with E-state index in [2.05, 4.69) is 25.8 Å². The van der Waals surface area contributed by atoms with E-state index in [1.165, 1.54) is 0 Å². The summed E-state index contributed by atoms with van der Waals surface area (Å²) in [6.45, 7) is 5.95. The number of rotatable bonds is 5. The zero-order valence-electron chi connectivity index (χ0n) is 15.4. The van der Waals surface area contributed by atoms with Gasteiger partial charge in [0, 0.05) is 61.6 Å². The molecule has 6 nitrogen and oxygen atoms in total. The lowest BCUT2D eigenvalue weighted by atomic mass is 10.0. The first kappa shape index (κ1) is 17.7. The van der Waals surface area contributed by atoms with Crippen molar-refractivity contribution >= 4 is 16.9 Å². The molecule has 3 heterocycles. The van der Waals surface area contributed by atoms with E-state index in [0.717, 1.165) is 60.4 Å². The monoisotopic (exact) mass is 364 g/mol. The Bertz CT molecular complexity index is 930. The largest absolute Gasteiger partial charge is 0.480 e. The van der Waals surface area contributed by atoms with Crippen LogP contribution in [0, 0.1) is 6.92 Å². The predicted molar refractivity (Wildman–Crippen MR) is 104 cm³/mol. The Morgan fingerprint density at radius 3 is 2.74 bits per heavy atom. The zero-order valence-corrected chi connectivity index (χ0v) is 15.4. The molecule has 6 heteroatoms. The molecule has 1 saturated heterocycles. The second kappa shape index (κ2) is 7.50. The number of carbonyl (C=O) groups is 1. The third kappa shape index (κ3) is 3.72. The van der Waals surface area contributed by atoms with Crippen molar-refractivity contribution in [1.82, 2.24) is 19.8 Å². The van der Waals surface area contributed by atoms with Gasteiger partial charge in [-0.15, -0.1) is 0 Å². The first-order chi connectivity index (χ1) is 13.1. The number of fused-ring (bicyclic) bond motifs is 1. The number of hydrogen-bond donors (Lipinski definition) is 2. The Morgan fingerprint density at radius 1 is 1.22 bits per heavy atom. The van der Waals surface area contributed by atoms with Crippen LogP contribution >= 0.6 is 0 Å². The Morgan fingerprint density at radius 2 is 2.04 bits per heavy atom. The molecule has 1 aliphatic rings. The van der Waals surface area contributed by atoms with Gasteiger partial charge in [0.05, 0.1) is 5.69 Å². The number of nitrogens with zero attached hydrogens (tertiary/aromatic N) is 3. The van der Waals surface area contributed by atoms with Crippen LogP contribution in [0.5, 0.6) is 0 Å². The second-order valence-electron chi connectivity index (χ2n) is 7.17. The topological polar surface area (TPSA) is 72.5 Å². The van der Waals surface area contributed by atoms with Gasteiger partial charge in [0.2, 0.25) is 0 Å². The number of benzene rings is 1. The number of aryl methyl sites for hydroxylation is 1. The number of pyridine rings is 1. The fourth-order valence-corrected chi connectivity index (χ4v) is 3.87. The summed E-state index contributed by atoms with van der Waals surface area (Å²) in [7, 11) is 0. The van der Waals surface area contributed by atoms with Crippen molar-refractivity contribution in [2.75, 3.05) is 26.2 Å². The molecule has 4 rings (SSSR count). The number of H-pyrrole nitrogens is 1. The fourth-order valence-electron chi connectivity index (χ4n) is 3.87. The molecular formula is C21H24N4O2. The van der Waals surface area contributed by atoms with Gasteiger partial charge in [0.25, 0.3) is 0 Å². The molecule has 0 amide bonds. The summed E-state index contributed by atoms with van der Waals surface area (Å²) < 4.78 is 0. The van der Waals surface area contributed by atoms with Crippen LogP contribution < -0.4 is 0 Å². The maximum absolute atomic E-state index is 12.1. The highest BCUT2D eigenvalue weighted by Crippen LogP contribution is 2.30. The van der Waals surface area contributed by atoms with Gasteiger partial charge in [-0.05, 0) is 31.2 Å². The van der Waals surface area contributed by atoms with Crippen LogP contribution in [-0.2, 0) is 11.3 Å². The van der Waals surface area contributed by atoms with Crippen LogP contribution in [0.3, 0.4) is 0 Å². The third-order valence-corrected chi connectivity index (χ3v) is 5.28. The maximum Gasteiger partial charge on any atom is 0.325 e. The smallest absolute Gasteiger partial charge is 0.325 e. The lowest BCUT2D eigenvalue weighted by Gasteiger charge is -2.37. The molecule has 1 atom stereocenters. The number of hydrogen-bond acceptors (Lipinski definition) is 4. The summed E-state index contributed by atoms with van der Waals surface area (Å²) in [6, 6.07) is 11.4. The van der Waals surface area contributed by atoms with Crippen molar-refractivity contribution in [2.24, 2.45) is 0 Å². The average molecular weight is 364 g/mol. The van der Waals surface area contributed by atoms with E-state index >= 15 is 0 Å². The van der Waals surface area contributed by atoms with E-state index in [-0.39, 0.29) is 0 Å². The molecule has 0 spiro atoms. The number of aliphatic carboxylic acids is 1. The molecule has 1 aliphatic heterocycles. The van der Waals surface area contributed by atoms with Gasteiger partial charge in [-0.3, -0.25) is 19.6 Å². The van der Waals surface area contributed by atoms with Gasteiger partial charge in [0.15, 0.2) is 0 Å². The van der Waals surface area contributed by atoms with Crippen LogP contribution in [0.25, 0.3) is 10.9 Å². The molecule has 0 unspecified atom stereocenters. The Labute approximate surface area is 158 Å². The highest BCUT2D eigenvalue weighted by molar-refractivity contribution is 5.89. The highest BCUT2D eigenvalue weighted by atomic mass is 16.4. The molecule has 2 aromatic heterocycles. The van der Waals surface area contributed by atoms with Crippen molar-refractivity contribution < 1.29 is 9.90 Å². The Balaban J connectivity index is 1.50. The first-order valence-corrected chi connectivity index (χ1v) is 9.28. The summed E-state index contributed by atoms with van der Waals surface area (Å²) in [5.41, 5.74) is 4.01. The highest BCUT2D eigenvalue weighted by Gasteiger charge is 2.32. The van der Waals surface area contributed by atoms with Gasteiger partial charge in [-0.25, -0.2) is 0 Å². The van der Waals surface area contributed by atoms with Crippen molar-refractivity contribution in [3.63, 3.8) is 0 Å². The SMILES string of the molecule is Cc1ccc2[nH]cc([C@H](C(=O)O)N3CCN(Cc4ccccn4)CC3)c2c1. The van der Waals surface area contributed by atoms with E-state index in [1.807, 2.05) is 49.6 Å². The Kier molecular flexibility index (Phi) is 4.92. The minimum Gasteiger partial charge on any atom is -0.480 e. The number of piperazine rings is 1. The molecule has 0 saturated carbocycles. The molecule has 0 bridgehead atoms. The average Bonchev–Trinajstić information content (AvgIpc) is 3.07. The van der Waals surface area contributed by atoms with Crippen LogP contribution in [0.4, 0.5) is 0 Å². The number of carboxylic acid groups (broad SMARTS) is 1. The molecule has 1 aromatic carbocycles. The maximum atomic E-state index is 12.1. The zero-order chi connectivity index (χ0) is 18.8. The minimum absolute atomic E-state index is 0.627. The number of aromatic nitrogens is 2. The number of nitrogens with one attached hydrogen (secondary N) is 1. The lowest BCUT2D eigenvalue weighted by molar-refractivity contribution is -0.144. The standard InChI is InChI=1S/C21H24N4O2/c1-15-5-6-19-17(12-15)18(13-23-19)20(21(26)27)25-10-8-24(9-11-25)14-16-4-2-3-7-22-16/h2-7,12-13,20,23H,8-11,14H2,1H3,(H,26,27)/t20-/m1/s1. The van der Waals surface area contributed by atoms with Crippen molar-refractivity contribution in [3.05, 3.63) is 65.6 Å². The minimum atomic E-state index is -0.796. The number of carboxylic acids is 1. The van der Waals surface area contributed by atoms with Crippen LogP contribution in [0.1, 0.15) is 22.9 Å². The molecule has 3 aromatic rings.